The van der Waals surface area contributed by atoms with Crippen LogP contribution in [-0.2, 0) is 24.6 Å². The van der Waals surface area contributed by atoms with Crippen molar-refractivity contribution in [3.63, 3.8) is 0 Å². The van der Waals surface area contributed by atoms with Gasteiger partial charge in [-0.1, -0.05) is 97.1 Å². The van der Waals surface area contributed by atoms with Crippen molar-refractivity contribution >= 4 is 17.7 Å². The maximum Gasteiger partial charge on any atom is 0.335 e. The Bertz CT molecular complexity index is 1740. The number of rotatable bonds is 15. The summed E-state index contributed by atoms with van der Waals surface area (Å²) in [7, 11) is 0. The second kappa shape index (κ2) is 15.1. The minimum absolute atomic E-state index is 0.0168. The summed E-state index contributed by atoms with van der Waals surface area (Å²) in [6.45, 7) is -0.277. The van der Waals surface area contributed by atoms with Crippen molar-refractivity contribution in [1.29, 1.82) is 0 Å². The molecule has 0 aliphatic heterocycles. The number of carboxylic acids is 1. The number of hydrogen-bond acceptors (Lipinski definition) is 7. The fraction of sp³-hybridized carbons (Fsp3) is 0.108. The van der Waals surface area contributed by atoms with E-state index >= 15 is 0 Å². The lowest BCUT2D eigenvalue weighted by atomic mass is 9.97. The Morgan fingerprint density at radius 3 is 1.33 bits per heavy atom. The summed E-state index contributed by atoms with van der Waals surface area (Å²) < 4.78 is 24.1. The summed E-state index contributed by atoms with van der Waals surface area (Å²) in [4.78, 5) is 38.6. The van der Waals surface area contributed by atoms with Gasteiger partial charge in [-0.15, -0.1) is 0 Å². The number of primary amides is 1. The average Bonchev–Trinajstić information content (AvgIpc) is 3.08. The normalized spacial score (nSPS) is 10.5. The zero-order chi connectivity index (χ0) is 32.3. The number of ketones is 1. The van der Waals surface area contributed by atoms with Gasteiger partial charge in [0.15, 0.2) is 6.61 Å². The van der Waals surface area contributed by atoms with Gasteiger partial charge in [0, 0.05) is 0 Å². The molecule has 0 saturated carbocycles. The van der Waals surface area contributed by atoms with E-state index in [-0.39, 0.29) is 59.5 Å². The highest BCUT2D eigenvalue weighted by Crippen LogP contribution is 2.39. The van der Waals surface area contributed by atoms with Crippen molar-refractivity contribution in [3.8, 4) is 23.0 Å². The molecule has 1 amide bonds. The summed E-state index contributed by atoms with van der Waals surface area (Å²) in [6, 6.07) is 35.2. The molecule has 232 valence electrons. The largest absolute Gasteiger partial charge is 0.488 e. The molecule has 0 fully saturated rings. The molecule has 0 aliphatic rings. The van der Waals surface area contributed by atoms with Gasteiger partial charge in [0.1, 0.15) is 53.9 Å². The predicted octanol–water partition coefficient (Wildman–Crippen LogP) is 6.22. The molecule has 0 saturated heterocycles. The average molecular weight is 618 g/mol. The molecule has 0 spiro atoms. The van der Waals surface area contributed by atoms with E-state index in [2.05, 4.69) is 0 Å². The van der Waals surface area contributed by atoms with E-state index in [1.807, 2.05) is 91.0 Å². The summed E-state index contributed by atoms with van der Waals surface area (Å²) in [5.74, 6) is -2.43. The SMILES string of the molecule is NC(=O)COc1cccc(OCc2ccccc2)c1C(=O)c1c(OCc2ccccc2)cc(C(=O)O)cc1OCc1ccccc1. The van der Waals surface area contributed by atoms with Gasteiger partial charge in [-0.25, -0.2) is 4.79 Å². The van der Waals surface area contributed by atoms with Crippen molar-refractivity contribution < 1.29 is 38.4 Å². The van der Waals surface area contributed by atoms with E-state index in [0.717, 1.165) is 16.7 Å². The molecular weight excluding hydrogens is 586 g/mol. The monoisotopic (exact) mass is 617 g/mol. The van der Waals surface area contributed by atoms with Crippen LogP contribution < -0.4 is 24.7 Å². The first-order valence-electron chi connectivity index (χ1n) is 14.4. The molecule has 46 heavy (non-hydrogen) atoms. The molecule has 0 bridgehead atoms. The highest BCUT2D eigenvalue weighted by molar-refractivity contribution is 6.16. The quantitative estimate of drug-likeness (QED) is 0.132. The Balaban J connectivity index is 1.63. The molecule has 5 rings (SSSR count). The smallest absolute Gasteiger partial charge is 0.335 e. The van der Waals surface area contributed by atoms with E-state index in [4.69, 9.17) is 24.7 Å². The van der Waals surface area contributed by atoms with Crippen LogP contribution in [0.15, 0.2) is 121 Å². The van der Waals surface area contributed by atoms with Crippen molar-refractivity contribution in [2.24, 2.45) is 5.73 Å². The Hall–Kier alpha value is -6.09. The lowest BCUT2D eigenvalue weighted by Gasteiger charge is -2.20. The molecule has 0 aliphatic carbocycles. The van der Waals surface area contributed by atoms with Crippen LogP contribution in [0.2, 0.25) is 0 Å². The van der Waals surface area contributed by atoms with Gasteiger partial charge in [-0.2, -0.15) is 0 Å². The van der Waals surface area contributed by atoms with Gasteiger partial charge >= 0.3 is 5.97 Å². The molecule has 0 unspecified atom stereocenters. The molecule has 5 aromatic carbocycles. The van der Waals surface area contributed by atoms with Gasteiger partial charge in [0.05, 0.1) is 5.56 Å². The fourth-order valence-electron chi connectivity index (χ4n) is 4.62. The Labute approximate surface area is 265 Å². The number of aromatic carboxylic acids is 1. The topological polar surface area (TPSA) is 134 Å². The van der Waals surface area contributed by atoms with Crippen LogP contribution in [-0.4, -0.2) is 29.4 Å². The third kappa shape index (κ3) is 8.09. The van der Waals surface area contributed by atoms with Crippen LogP contribution >= 0.6 is 0 Å². The van der Waals surface area contributed by atoms with Crippen molar-refractivity contribution in [1.82, 2.24) is 0 Å². The number of ether oxygens (including phenoxy) is 4. The Kier molecular flexibility index (Phi) is 10.3. The number of carboxylic acid groups (broad SMARTS) is 1. The Morgan fingerprint density at radius 1 is 0.522 bits per heavy atom. The zero-order valence-corrected chi connectivity index (χ0v) is 24.8. The van der Waals surface area contributed by atoms with E-state index in [1.165, 1.54) is 18.2 Å². The predicted molar refractivity (Wildman–Crippen MR) is 170 cm³/mol. The van der Waals surface area contributed by atoms with E-state index in [0.29, 0.717) is 0 Å². The van der Waals surface area contributed by atoms with Gasteiger partial charge in [0.25, 0.3) is 5.91 Å². The van der Waals surface area contributed by atoms with Gasteiger partial charge in [-0.05, 0) is 41.0 Å². The third-order valence-corrected chi connectivity index (χ3v) is 6.84. The first kappa shape index (κ1) is 31.3. The molecule has 0 heterocycles. The zero-order valence-electron chi connectivity index (χ0n) is 24.8. The summed E-state index contributed by atoms with van der Waals surface area (Å²) in [5, 5.41) is 9.96. The van der Waals surface area contributed by atoms with Crippen LogP contribution in [0.3, 0.4) is 0 Å². The minimum atomic E-state index is -1.23. The van der Waals surface area contributed by atoms with Crippen LogP contribution in [0.1, 0.15) is 43.0 Å². The molecule has 0 radical (unpaired) electrons. The first-order chi connectivity index (χ1) is 22.4. The highest BCUT2D eigenvalue weighted by Gasteiger charge is 2.29. The second-order valence-corrected chi connectivity index (χ2v) is 10.2. The van der Waals surface area contributed by atoms with E-state index < -0.39 is 24.3 Å². The van der Waals surface area contributed by atoms with Crippen LogP contribution in [0, 0.1) is 0 Å². The maximum absolute atomic E-state index is 14.7. The molecule has 5 aromatic rings. The molecule has 0 aromatic heterocycles. The van der Waals surface area contributed by atoms with Crippen LogP contribution in [0.25, 0.3) is 0 Å². The number of nitrogens with two attached hydrogens (primary N) is 1. The molecule has 0 atom stereocenters. The number of carbonyl (C=O) groups excluding carboxylic acids is 2. The van der Waals surface area contributed by atoms with E-state index in [1.54, 1.807) is 12.1 Å². The number of hydrogen-bond donors (Lipinski definition) is 2. The fourth-order valence-corrected chi connectivity index (χ4v) is 4.62. The van der Waals surface area contributed by atoms with Gasteiger partial charge < -0.3 is 29.8 Å². The van der Waals surface area contributed by atoms with Gasteiger partial charge in [-0.3, -0.25) is 9.59 Å². The standard InChI is InChI=1S/C37H31NO8/c38-33(39)24-46-30-18-10-17-29(43-21-25-11-4-1-5-12-25)34(30)36(40)35-31(44-22-26-13-6-2-7-14-26)19-28(37(41)42)20-32(35)45-23-27-15-8-3-9-16-27/h1-20H,21-24H2,(H2,38,39)(H,41,42). The molecule has 3 N–H and O–H groups in total. The highest BCUT2D eigenvalue weighted by atomic mass is 16.5. The summed E-state index contributed by atoms with van der Waals surface area (Å²) in [6.07, 6.45) is 0. The molecular formula is C37H31NO8. The minimum Gasteiger partial charge on any atom is -0.488 e. The molecule has 9 heteroatoms. The van der Waals surface area contributed by atoms with Crippen LogP contribution in [0.4, 0.5) is 0 Å². The number of amides is 1. The van der Waals surface area contributed by atoms with Gasteiger partial charge in [0.2, 0.25) is 5.78 Å². The lowest BCUT2D eigenvalue weighted by Crippen LogP contribution is -2.21. The van der Waals surface area contributed by atoms with E-state index in [9.17, 15) is 19.5 Å². The van der Waals surface area contributed by atoms with Crippen molar-refractivity contribution in [3.05, 3.63) is 155 Å². The van der Waals surface area contributed by atoms with Crippen molar-refractivity contribution in [2.45, 2.75) is 19.8 Å². The lowest BCUT2D eigenvalue weighted by molar-refractivity contribution is -0.119. The third-order valence-electron chi connectivity index (χ3n) is 6.84. The number of benzene rings is 5. The Morgan fingerprint density at radius 2 is 0.913 bits per heavy atom. The summed E-state index contributed by atoms with van der Waals surface area (Å²) >= 11 is 0. The maximum atomic E-state index is 14.7. The summed E-state index contributed by atoms with van der Waals surface area (Å²) in [5.41, 5.74) is 7.61. The molecule has 9 nitrogen and oxygen atoms in total. The second-order valence-electron chi connectivity index (χ2n) is 10.2. The first-order valence-corrected chi connectivity index (χ1v) is 14.4. The van der Waals surface area contributed by atoms with Crippen LogP contribution in [0.5, 0.6) is 23.0 Å². The van der Waals surface area contributed by atoms with Crippen molar-refractivity contribution in [2.75, 3.05) is 6.61 Å². The number of carbonyl (C=O) groups is 3.